The average molecular weight is 581 g/mol. The van der Waals surface area contributed by atoms with E-state index in [0.717, 1.165) is 17.8 Å². The number of rotatable bonds is 9. The van der Waals surface area contributed by atoms with Gasteiger partial charge in [0.1, 0.15) is 17.3 Å². The molecule has 4 unspecified atom stereocenters. The van der Waals surface area contributed by atoms with Crippen LogP contribution < -0.4 is 9.47 Å². The van der Waals surface area contributed by atoms with E-state index in [0.29, 0.717) is 34.8 Å². The molecule has 2 aliphatic carbocycles. The second kappa shape index (κ2) is 13.7. The van der Waals surface area contributed by atoms with Gasteiger partial charge in [0.15, 0.2) is 11.2 Å². The Morgan fingerprint density at radius 3 is 2.14 bits per heavy atom. The summed E-state index contributed by atoms with van der Waals surface area (Å²) < 4.78 is 21.9. The fourth-order valence-electron chi connectivity index (χ4n) is 5.51. The quantitative estimate of drug-likeness (QED) is 0.353. The highest BCUT2D eigenvalue weighted by molar-refractivity contribution is 5.47. The van der Waals surface area contributed by atoms with Crippen LogP contribution in [-0.4, -0.2) is 38.7 Å². The predicted molar refractivity (Wildman–Crippen MR) is 168 cm³/mol. The van der Waals surface area contributed by atoms with Gasteiger partial charge in [0.05, 0.1) is 34.2 Å². The lowest BCUT2D eigenvalue weighted by molar-refractivity contribution is 0.0531. The van der Waals surface area contributed by atoms with Gasteiger partial charge in [-0.25, -0.2) is 0 Å². The summed E-state index contributed by atoms with van der Waals surface area (Å²) in [5.74, 6) is 14.0. The van der Waals surface area contributed by atoms with Crippen LogP contribution >= 0.6 is 0 Å². The average Bonchev–Trinajstić information content (AvgIpc) is 3.05. The third-order valence-electron chi connectivity index (χ3n) is 8.11. The van der Waals surface area contributed by atoms with E-state index in [1.165, 1.54) is 0 Å². The molecule has 2 aromatic carbocycles. The van der Waals surface area contributed by atoms with Crippen molar-refractivity contribution in [1.82, 2.24) is 0 Å². The maximum absolute atomic E-state index is 12.3. The summed E-state index contributed by atoms with van der Waals surface area (Å²) in [6.45, 7) is 4.05. The van der Waals surface area contributed by atoms with E-state index < -0.39 is 23.0 Å². The molecule has 43 heavy (non-hydrogen) atoms. The topological polar surface area (TPSA) is 77.4 Å². The zero-order valence-electron chi connectivity index (χ0n) is 25.7. The molecular weight excluding hydrogens is 540 g/mol. The standard InChI is InChI=1S/C37H40O6/c1-26-20-28(22-35(21-26)43-6)27(2)36(38,29-12-9-15-32(23-29)40-3)18-7-8-19-37(39,30-13-10-16-33(24-30)41-4)31-14-11-17-34(25-31)42-5/h9-13,15-17,20,22-27,31,38-39H,14,21H2,1-6H3/t26?,27-,31?,36?,37?/m1/s1. The van der Waals surface area contributed by atoms with E-state index in [1.54, 1.807) is 40.6 Å². The first-order valence-electron chi connectivity index (χ1n) is 14.3. The number of ether oxygens (including phenoxy) is 4. The molecular formula is C37H40O6. The van der Waals surface area contributed by atoms with E-state index >= 15 is 0 Å². The van der Waals surface area contributed by atoms with Gasteiger partial charge in [-0.2, -0.15) is 0 Å². The highest BCUT2D eigenvalue weighted by Crippen LogP contribution is 2.40. The molecule has 6 heteroatoms. The third-order valence-corrected chi connectivity index (χ3v) is 8.11. The molecule has 5 atom stereocenters. The molecule has 0 bridgehead atoms. The number of aliphatic hydroxyl groups is 2. The Kier molecular flexibility index (Phi) is 10.1. The number of benzene rings is 2. The maximum Gasteiger partial charge on any atom is 0.158 e. The van der Waals surface area contributed by atoms with Crippen LogP contribution in [0.25, 0.3) is 0 Å². The van der Waals surface area contributed by atoms with E-state index in [4.69, 9.17) is 18.9 Å². The molecule has 0 saturated carbocycles. The fourth-order valence-corrected chi connectivity index (χ4v) is 5.51. The molecule has 4 rings (SSSR count). The molecule has 6 nitrogen and oxygen atoms in total. The molecule has 2 aliphatic rings. The lowest BCUT2D eigenvalue weighted by Gasteiger charge is -2.33. The predicted octanol–water partition coefficient (Wildman–Crippen LogP) is 6.03. The molecule has 0 spiro atoms. The van der Waals surface area contributed by atoms with Crippen LogP contribution in [-0.2, 0) is 20.7 Å². The van der Waals surface area contributed by atoms with Crippen molar-refractivity contribution in [2.75, 3.05) is 28.4 Å². The van der Waals surface area contributed by atoms with Gasteiger partial charge in [-0.1, -0.05) is 50.3 Å². The Hall–Kier alpha value is -4.36. The smallest absolute Gasteiger partial charge is 0.158 e. The largest absolute Gasteiger partial charge is 0.501 e. The Bertz CT molecular complexity index is 1560. The van der Waals surface area contributed by atoms with Crippen LogP contribution in [0, 0.1) is 41.4 Å². The van der Waals surface area contributed by atoms with Crippen molar-refractivity contribution < 1.29 is 29.2 Å². The Morgan fingerprint density at radius 2 is 1.49 bits per heavy atom. The van der Waals surface area contributed by atoms with Gasteiger partial charge in [-0.05, 0) is 84.1 Å². The molecule has 0 saturated heterocycles. The summed E-state index contributed by atoms with van der Waals surface area (Å²) in [5, 5.41) is 24.4. The Balaban J connectivity index is 1.81. The second-order valence-corrected chi connectivity index (χ2v) is 10.9. The normalized spacial score (nSPS) is 21.1. The third kappa shape index (κ3) is 7.00. The van der Waals surface area contributed by atoms with E-state index in [-0.39, 0.29) is 5.92 Å². The van der Waals surface area contributed by atoms with Crippen LogP contribution in [0.5, 0.6) is 11.5 Å². The summed E-state index contributed by atoms with van der Waals surface area (Å²) in [6.07, 6.45) is 11.1. The van der Waals surface area contributed by atoms with Gasteiger partial charge >= 0.3 is 0 Å². The van der Waals surface area contributed by atoms with Crippen molar-refractivity contribution >= 4 is 0 Å². The SMILES string of the molecule is COC1=CC(C(O)(C#CC#CC(O)(c2cccc(OC)c2)[C@H](C)C2=CC(C)CC(OC)=C2)c2cccc(OC)c2)CC=C1. The van der Waals surface area contributed by atoms with Gasteiger partial charge in [0.2, 0.25) is 0 Å². The van der Waals surface area contributed by atoms with Crippen LogP contribution in [0.1, 0.15) is 37.8 Å². The van der Waals surface area contributed by atoms with E-state index in [9.17, 15) is 10.2 Å². The molecule has 0 aliphatic heterocycles. The molecule has 0 aromatic heterocycles. The molecule has 0 amide bonds. The summed E-state index contributed by atoms with van der Waals surface area (Å²) in [7, 11) is 6.41. The molecule has 2 aromatic rings. The van der Waals surface area contributed by atoms with E-state index in [1.807, 2.05) is 67.6 Å². The van der Waals surface area contributed by atoms with Gasteiger partial charge in [-0.15, -0.1) is 0 Å². The van der Waals surface area contributed by atoms with Gasteiger partial charge in [-0.3, -0.25) is 0 Å². The first kappa shape index (κ1) is 31.6. The first-order valence-corrected chi connectivity index (χ1v) is 14.3. The maximum atomic E-state index is 12.3. The zero-order valence-corrected chi connectivity index (χ0v) is 25.7. The van der Waals surface area contributed by atoms with Crippen LogP contribution in [0.3, 0.4) is 0 Å². The first-order chi connectivity index (χ1) is 20.7. The Labute approximate surface area is 255 Å². The van der Waals surface area contributed by atoms with Crippen LogP contribution in [0.15, 0.2) is 96.0 Å². The van der Waals surface area contributed by atoms with Crippen molar-refractivity contribution in [3.8, 4) is 35.2 Å². The van der Waals surface area contributed by atoms with Gasteiger partial charge in [0.25, 0.3) is 0 Å². The molecule has 0 fully saturated rings. The minimum absolute atomic E-state index is 0.243. The molecule has 0 radical (unpaired) electrons. The van der Waals surface area contributed by atoms with Gasteiger partial charge in [0, 0.05) is 29.4 Å². The van der Waals surface area contributed by atoms with E-state index in [2.05, 4.69) is 36.7 Å². The van der Waals surface area contributed by atoms with Crippen molar-refractivity contribution in [2.24, 2.45) is 17.8 Å². The minimum atomic E-state index is -1.62. The van der Waals surface area contributed by atoms with Crippen molar-refractivity contribution in [1.29, 1.82) is 0 Å². The molecule has 2 N–H and O–H groups in total. The summed E-state index contributed by atoms with van der Waals surface area (Å²) >= 11 is 0. The Morgan fingerprint density at radius 1 is 0.837 bits per heavy atom. The monoisotopic (exact) mass is 580 g/mol. The zero-order chi connectivity index (χ0) is 31.0. The fraction of sp³-hybridized carbons (Fsp3) is 0.351. The van der Waals surface area contributed by atoms with Crippen LogP contribution in [0.2, 0.25) is 0 Å². The number of allylic oxidation sites excluding steroid dienone is 5. The highest BCUT2D eigenvalue weighted by Gasteiger charge is 2.38. The lowest BCUT2D eigenvalue weighted by atomic mass is 9.76. The minimum Gasteiger partial charge on any atom is -0.501 e. The lowest BCUT2D eigenvalue weighted by Crippen LogP contribution is -2.34. The van der Waals surface area contributed by atoms with Crippen molar-refractivity contribution in [3.05, 3.63) is 107 Å². The number of hydrogen-bond donors (Lipinski definition) is 2. The van der Waals surface area contributed by atoms with Crippen molar-refractivity contribution in [2.45, 2.75) is 37.9 Å². The van der Waals surface area contributed by atoms with Gasteiger partial charge < -0.3 is 29.2 Å². The number of hydrogen-bond acceptors (Lipinski definition) is 6. The second-order valence-electron chi connectivity index (χ2n) is 10.9. The number of methoxy groups -OCH3 is 4. The van der Waals surface area contributed by atoms with Crippen LogP contribution in [0.4, 0.5) is 0 Å². The summed E-state index contributed by atoms with van der Waals surface area (Å²) in [5.41, 5.74) is -1.15. The van der Waals surface area contributed by atoms with Crippen molar-refractivity contribution in [3.63, 3.8) is 0 Å². The summed E-state index contributed by atoms with van der Waals surface area (Å²) in [4.78, 5) is 0. The molecule has 0 heterocycles. The summed E-state index contributed by atoms with van der Waals surface area (Å²) in [6, 6.07) is 14.5. The molecule has 224 valence electrons. The highest BCUT2D eigenvalue weighted by atomic mass is 16.5.